The molecule has 0 spiro atoms. The van der Waals surface area contributed by atoms with E-state index in [0.29, 0.717) is 12.0 Å². The van der Waals surface area contributed by atoms with Gasteiger partial charge < -0.3 is 10.2 Å². The number of nitrogens with zero attached hydrogens (tertiary/aromatic N) is 3. The Bertz CT molecular complexity index is 423. The molecule has 1 N–H and O–H groups in total. The Morgan fingerprint density at radius 1 is 1.14 bits per heavy atom. The summed E-state index contributed by atoms with van der Waals surface area (Å²) in [4.78, 5) is 9.36. The van der Waals surface area contributed by atoms with Crippen LogP contribution < -0.4 is 10.2 Å². The number of pyridine rings is 1. The van der Waals surface area contributed by atoms with Gasteiger partial charge in [-0.05, 0) is 37.9 Å². The minimum absolute atomic E-state index is 0.647. The zero-order valence-corrected chi connectivity index (χ0v) is 14.0. The lowest BCUT2D eigenvalue weighted by Crippen LogP contribution is -2.49. The maximum atomic E-state index is 4.33. The number of rotatable bonds is 6. The van der Waals surface area contributed by atoms with Crippen molar-refractivity contribution >= 4 is 5.69 Å². The molecular formula is C17H30N4. The minimum atomic E-state index is 0.647. The van der Waals surface area contributed by atoms with E-state index in [9.17, 15) is 0 Å². The SMILES string of the molecule is CC(C)CNCc1ccncc1N1CCN(C(C)C)CC1. The van der Waals surface area contributed by atoms with Crippen molar-refractivity contribution in [1.29, 1.82) is 0 Å². The topological polar surface area (TPSA) is 31.4 Å². The van der Waals surface area contributed by atoms with Gasteiger partial charge in [-0.25, -0.2) is 0 Å². The summed E-state index contributed by atoms with van der Waals surface area (Å²) in [7, 11) is 0. The fourth-order valence-corrected chi connectivity index (χ4v) is 2.82. The molecule has 1 aliphatic heterocycles. The minimum Gasteiger partial charge on any atom is -0.367 e. The van der Waals surface area contributed by atoms with E-state index in [-0.39, 0.29) is 0 Å². The van der Waals surface area contributed by atoms with E-state index in [0.717, 1.165) is 39.3 Å². The summed E-state index contributed by atoms with van der Waals surface area (Å²) < 4.78 is 0. The average Bonchev–Trinajstić information content (AvgIpc) is 2.47. The third-order valence-electron chi connectivity index (χ3n) is 4.14. The van der Waals surface area contributed by atoms with Crippen LogP contribution in [0.3, 0.4) is 0 Å². The molecule has 1 aromatic rings. The molecule has 0 radical (unpaired) electrons. The maximum Gasteiger partial charge on any atom is 0.0599 e. The van der Waals surface area contributed by atoms with Crippen LogP contribution in [0.2, 0.25) is 0 Å². The van der Waals surface area contributed by atoms with E-state index < -0.39 is 0 Å². The number of hydrogen-bond donors (Lipinski definition) is 1. The summed E-state index contributed by atoms with van der Waals surface area (Å²) in [5, 5.41) is 3.54. The molecular weight excluding hydrogens is 260 g/mol. The van der Waals surface area contributed by atoms with Crippen LogP contribution in [-0.2, 0) is 6.54 Å². The second kappa shape index (κ2) is 7.76. The summed E-state index contributed by atoms with van der Waals surface area (Å²) in [6.07, 6.45) is 3.93. The van der Waals surface area contributed by atoms with Crippen molar-refractivity contribution in [2.24, 2.45) is 5.92 Å². The Hall–Kier alpha value is -1.13. The van der Waals surface area contributed by atoms with Gasteiger partial charge in [-0.2, -0.15) is 0 Å². The van der Waals surface area contributed by atoms with Gasteiger partial charge in [-0.1, -0.05) is 13.8 Å². The molecule has 0 saturated carbocycles. The maximum absolute atomic E-state index is 4.33. The van der Waals surface area contributed by atoms with Gasteiger partial charge in [-0.15, -0.1) is 0 Å². The van der Waals surface area contributed by atoms with Crippen molar-refractivity contribution in [3.63, 3.8) is 0 Å². The lowest BCUT2D eigenvalue weighted by atomic mass is 10.1. The summed E-state index contributed by atoms with van der Waals surface area (Å²) in [6, 6.07) is 2.80. The number of hydrogen-bond acceptors (Lipinski definition) is 4. The number of piperazine rings is 1. The monoisotopic (exact) mass is 290 g/mol. The van der Waals surface area contributed by atoms with Crippen molar-refractivity contribution in [1.82, 2.24) is 15.2 Å². The van der Waals surface area contributed by atoms with Crippen molar-refractivity contribution in [2.45, 2.75) is 40.3 Å². The number of anilines is 1. The van der Waals surface area contributed by atoms with Gasteiger partial charge >= 0.3 is 0 Å². The second-order valence-electron chi connectivity index (χ2n) is 6.65. The van der Waals surface area contributed by atoms with Crippen LogP contribution in [0.25, 0.3) is 0 Å². The highest BCUT2D eigenvalue weighted by atomic mass is 15.3. The molecule has 1 fully saturated rings. The Labute approximate surface area is 129 Å². The van der Waals surface area contributed by atoms with Crippen LogP contribution >= 0.6 is 0 Å². The van der Waals surface area contributed by atoms with Gasteiger partial charge in [0, 0.05) is 45.0 Å². The summed E-state index contributed by atoms with van der Waals surface area (Å²) >= 11 is 0. The molecule has 1 aliphatic rings. The first kappa shape index (κ1) is 16.2. The first-order valence-corrected chi connectivity index (χ1v) is 8.20. The van der Waals surface area contributed by atoms with E-state index in [1.807, 2.05) is 12.4 Å². The zero-order valence-electron chi connectivity index (χ0n) is 14.0. The Kier molecular flexibility index (Phi) is 6.00. The molecule has 0 amide bonds. The summed E-state index contributed by atoms with van der Waals surface area (Å²) in [5.41, 5.74) is 2.67. The second-order valence-corrected chi connectivity index (χ2v) is 6.65. The predicted molar refractivity (Wildman–Crippen MR) is 89.7 cm³/mol. The van der Waals surface area contributed by atoms with E-state index in [2.05, 4.69) is 53.9 Å². The summed E-state index contributed by atoms with van der Waals surface area (Å²) in [5.74, 6) is 0.685. The number of aromatic nitrogens is 1. The lowest BCUT2D eigenvalue weighted by molar-refractivity contribution is 0.209. The largest absolute Gasteiger partial charge is 0.367 e. The predicted octanol–water partition coefficient (Wildman–Crippen LogP) is 2.36. The van der Waals surface area contributed by atoms with Gasteiger partial charge in [0.1, 0.15) is 0 Å². The van der Waals surface area contributed by atoms with Gasteiger partial charge in [0.25, 0.3) is 0 Å². The smallest absolute Gasteiger partial charge is 0.0599 e. The normalized spacial score (nSPS) is 17.0. The Morgan fingerprint density at radius 2 is 1.86 bits per heavy atom. The number of nitrogens with one attached hydrogen (secondary N) is 1. The van der Waals surface area contributed by atoms with Gasteiger partial charge in [0.05, 0.1) is 11.9 Å². The Balaban J connectivity index is 1.97. The molecule has 2 rings (SSSR count). The highest BCUT2D eigenvalue weighted by molar-refractivity contribution is 5.52. The van der Waals surface area contributed by atoms with E-state index >= 15 is 0 Å². The van der Waals surface area contributed by atoms with E-state index in [1.165, 1.54) is 11.3 Å². The Morgan fingerprint density at radius 3 is 2.48 bits per heavy atom. The van der Waals surface area contributed by atoms with Crippen LogP contribution in [0.15, 0.2) is 18.5 Å². The summed E-state index contributed by atoms with van der Waals surface area (Å²) in [6.45, 7) is 15.5. The highest BCUT2D eigenvalue weighted by Gasteiger charge is 2.20. The highest BCUT2D eigenvalue weighted by Crippen LogP contribution is 2.21. The fraction of sp³-hybridized carbons (Fsp3) is 0.706. The molecule has 1 saturated heterocycles. The first-order valence-electron chi connectivity index (χ1n) is 8.20. The molecule has 4 nitrogen and oxygen atoms in total. The standard InChI is InChI=1S/C17H30N4/c1-14(2)11-19-12-16-5-6-18-13-17(16)21-9-7-20(8-10-21)15(3)4/h5-6,13-15,19H,7-12H2,1-4H3. The quantitative estimate of drug-likeness (QED) is 0.871. The fourth-order valence-electron chi connectivity index (χ4n) is 2.82. The molecule has 0 atom stereocenters. The van der Waals surface area contributed by atoms with Crippen molar-refractivity contribution in [3.05, 3.63) is 24.0 Å². The lowest BCUT2D eigenvalue weighted by Gasteiger charge is -2.38. The van der Waals surface area contributed by atoms with Crippen molar-refractivity contribution in [3.8, 4) is 0 Å². The molecule has 1 aromatic heterocycles. The molecule has 4 heteroatoms. The molecule has 0 bridgehead atoms. The van der Waals surface area contributed by atoms with E-state index in [4.69, 9.17) is 0 Å². The van der Waals surface area contributed by atoms with Crippen LogP contribution in [0, 0.1) is 5.92 Å². The zero-order chi connectivity index (χ0) is 15.2. The van der Waals surface area contributed by atoms with Gasteiger partial charge in [-0.3, -0.25) is 9.88 Å². The van der Waals surface area contributed by atoms with E-state index in [1.54, 1.807) is 0 Å². The third-order valence-corrected chi connectivity index (χ3v) is 4.14. The molecule has 2 heterocycles. The van der Waals surface area contributed by atoms with Gasteiger partial charge in [0.2, 0.25) is 0 Å². The molecule has 0 aromatic carbocycles. The van der Waals surface area contributed by atoms with Crippen molar-refractivity contribution < 1.29 is 0 Å². The van der Waals surface area contributed by atoms with Crippen LogP contribution in [0.4, 0.5) is 5.69 Å². The molecule has 118 valence electrons. The third kappa shape index (κ3) is 4.68. The van der Waals surface area contributed by atoms with Crippen LogP contribution in [0.5, 0.6) is 0 Å². The molecule has 0 aliphatic carbocycles. The van der Waals surface area contributed by atoms with Crippen LogP contribution in [0.1, 0.15) is 33.3 Å². The average molecular weight is 290 g/mol. The molecule has 0 unspecified atom stereocenters. The first-order chi connectivity index (χ1) is 10.1. The van der Waals surface area contributed by atoms with Gasteiger partial charge in [0.15, 0.2) is 0 Å². The van der Waals surface area contributed by atoms with Crippen molar-refractivity contribution in [2.75, 3.05) is 37.6 Å². The molecule has 21 heavy (non-hydrogen) atoms. The van der Waals surface area contributed by atoms with Crippen LogP contribution in [-0.4, -0.2) is 48.6 Å².